The van der Waals surface area contributed by atoms with Gasteiger partial charge in [-0.3, -0.25) is 18.6 Å². The number of aliphatic hydroxyl groups excluding tert-OH is 6. The first-order valence-corrected chi connectivity index (χ1v) is 23.3. The molecule has 4 unspecified atom stereocenters. The molecule has 1 aliphatic carbocycles. The fourth-order valence-electron chi connectivity index (χ4n) is 6.03. The van der Waals surface area contributed by atoms with Crippen molar-refractivity contribution in [2.45, 2.75) is 185 Å². The first kappa shape index (κ1) is 55.3. The predicted molar refractivity (Wildman–Crippen MR) is 231 cm³/mol. The van der Waals surface area contributed by atoms with Crippen LogP contribution < -0.4 is 0 Å². The highest BCUT2D eigenvalue weighted by Gasteiger charge is 2.51. The van der Waals surface area contributed by atoms with E-state index in [-0.39, 0.29) is 12.8 Å². The van der Waals surface area contributed by atoms with Gasteiger partial charge in [-0.1, -0.05) is 119 Å². The van der Waals surface area contributed by atoms with Gasteiger partial charge in [-0.05, 0) is 77.0 Å². The van der Waals surface area contributed by atoms with E-state index in [2.05, 4.69) is 43.4 Å². The molecular weight excluding hydrogens is 795 g/mol. The number of unbranched alkanes of at least 4 members (excludes halogenated alkanes) is 10. The number of carbonyl (C=O) groups excluding carboxylic acids is 2. The van der Waals surface area contributed by atoms with E-state index in [0.29, 0.717) is 19.3 Å². The van der Waals surface area contributed by atoms with Crippen molar-refractivity contribution in [3.8, 4) is 0 Å². The number of hydrogen-bond acceptors (Lipinski definition) is 13. The van der Waals surface area contributed by atoms with Crippen molar-refractivity contribution < 1.29 is 68.2 Å². The Labute approximate surface area is 358 Å². The number of hydrogen-bond donors (Lipinski definition) is 7. The smallest absolute Gasteiger partial charge is 0.462 e. The number of carbonyl (C=O) groups is 2. The number of rotatable bonds is 34. The first-order valence-electron chi connectivity index (χ1n) is 21.8. The molecule has 14 nitrogen and oxygen atoms in total. The molecule has 0 radical (unpaired) electrons. The average Bonchev–Trinajstić information content (AvgIpc) is 3.22. The third-order valence-electron chi connectivity index (χ3n) is 9.61. The second-order valence-corrected chi connectivity index (χ2v) is 16.4. The Kier molecular flexibility index (Phi) is 32.0. The fourth-order valence-corrected chi connectivity index (χ4v) is 7.01. The van der Waals surface area contributed by atoms with Gasteiger partial charge in [-0.15, -0.1) is 0 Å². The molecule has 0 spiro atoms. The van der Waals surface area contributed by atoms with Crippen LogP contribution >= 0.6 is 7.82 Å². The molecule has 1 aliphatic rings. The summed E-state index contributed by atoms with van der Waals surface area (Å²) in [6.07, 6.45) is 25.7. The zero-order valence-corrected chi connectivity index (χ0v) is 36.7. The Balaban J connectivity index is 2.56. The van der Waals surface area contributed by atoms with Crippen LogP contribution in [-0.4, -0.2) is 110 Å². The van der Waals surface area contributed by atoms with E-state index in [4.69, 9.17) is 18.5 Å². The summed E-state index contributed by atoms with van der Waals surface area (Å²) in [7, 11) is -5.15. The molecule has 0 aromatic heterocycles. The molecule has 0 aliphatic heterocycles. The lowest BCUT2D eigenvalue weighted by molar-refractivity contribution is -0.220. The van der Waals surface area contributed by atoms with Crippen molar-refractivity contribution in [1.29, 1.82) is 0 Å². The zero-order valence-electron chi connectivity index (χ0n) is 35.8. The van der Waals surface area contributed by atoms with E-state index in [1.807, 2.05) is 37.3 Å². The third kappa shape index (κ3) is 27.2. The summed E-state index contributed by atoms with van der Waals surface area (Å²) in [6, 6.07) is 0. The maximum Gasteiger partial charge on any atom is 0.472 e. The second-order valence-electron chi connectivity index (χ2n) is 15.0. The van der Waals surface area contributed by atoms with Crippen LogP contribution in [0.15, 0.2) is 72.9 Å². The second kappa shape index (κ2) is 34.8. The van der Waals surface area contributed by atoms with Crippen LogP contribution in [0.5, 0.6) is 0 Å². The lowest BCUT2D eigenvalue weighted by atomic mass is 9.85. The molecule has 0 bridgehead atoms. The molecular formula is C45H75O14P. The molecule has 0 aromatic rings. The minimum atomic E-state index is -5.15. The van der Waals surface area contributed by atoms with E-state index in [1.54, 1.807) is 6.08 Å². The standard InChI is InChI=1S/C45H75O14P/c1-3-5-7-8-9-10-11-12-13-14-15-18-21-24-28-32-38(47)56-34-37(35-57-60(54,55)59-45-43(52)41(50)40(49)42(51)44(45)53)58-39(48)33-29-25-22-19-16-17-20-23-27-31-36(46)30-26-6-4-2/h6,9-10,12-13,15,18,20,23,26-27,31,36-37,40-46,49-53H,3-5,7-8,11,14,16-17,19,21-22,24-25,28-30,32-35H2,1-2H3,(H,54,55)/b10-9-,13-12-,18-15-,23-20+,26-6+,31-27+/t36?,37-,40?,41-,42+,43-,44-,45?/m1/s1. The van der Waals surface area contributed by atoms with Gasteiger partial charge in [0.25, 0.3) is 0 Å². The van der Waals surface area contributed by atoms with Crippen molar-refractivity contribution in [3.63, 3.8) is 0 Å². The van der Waals surface area contributed by atoms with E-state index >= 15 is 0 Å². The van der Waals surface area contributed by atoms with Crippen molar-refractivity contribution in [1.82, 2.24) is 0 Å². The molecule has 344 valence electrons. The van der Waals surface area contributed by atoms with Gasteiger partial charge in [0.15, 0.2) is 6.10 Å². The highest BCUT2D eigenvalue weighted by atomic mass is 31.2. The van der Waals surface area contributed by atoms with Gasteiger partial charge in [0.05, 0.1) is 12.7 Å². The van der Waals surface area contributed by atoms with E-state index in [9.17, 15) is 49.7 Å². The van der Waals surface area contributed by atoms with Crippen LogP contribution in [-0.2, 0) is 32.7 Å². The maximum absolute atomic E-state index is 12.8. The molecule has 0 amide bonds. The summed E-state index contributed by atoms with van der Waals surface area (Å²) in [5.41, 5.74) is 0. The van der Waals surface area contributed by atoms with Crippen LogP contribution in [0.2, 0.25) is 0 Å². The summed E-state index contributed by atoms with van der Waals surface area (Å²) in [6.45, 7) is 2.98. The number of allylic oxidation sites excluding steroid dienone is 10. The Morgan fingerprint density at radius 2 is 1.15 bits per heavy atom. The molecule has 1 rings (SSSR count). The number of ether oxygens (including phenoxy) is 2. The zero-order chi connectivity index (χ0) is 44.4. The number of phosphoric ester groups is 1. The van der Waals surface area contributed by atoms with Gasteiger partial charge >= 0.3 is 19.8 Å². The molecule has 1 saturated carbocycles. The number of esters is 2. The number of phosphoric acid groups is 1. The minimum Gasteiger partial charge on any atom is -0.462 e. The summed E-state index contributed by atoms with van der Waals surface area (Å²) in [5, 5.41) is 60.0. The van der Waals surface area contributed by atoms with Crippen molar-refractivity contribution >= 4 is 19.8 Å². The molecule has 9 atom stereocenters. The van der Waals surface area contributed by atoms with Gasteiger partial charge in [-0.2, -0.15) is 0 Å². The van der Waals surface area contributed by atoms with Crippen molar-refractivity contribution in [2.75, 3.05) is 13.2 Å². The van der Waals surface area contributed by atoms with Gasteiger partial charge in [0.2, 0.25) is 0 Å². The van der Waals surface area contributed by atoms with Crippen LogP contribution in [0.3, 0.4) is 0 Å². The highest BCUT2D eigenvalue weighted by molar-refractivity contribution is 7.47. The van der Waals surface area contributed by atoms with Gasteiger partial charge in [0, 0.05) is 12.8 Å². The molecule has 15 heteroatoms. The third-order valence-corrected chi connectivity index (χ3v) is 10.6. The van der Waals surface area contributed by atoms with Crippen molar-refractivity contribution in [3.05, 3.63) is 72.9 Å². The van der Waals surface area contributed by atoms with Crippen LogP contribution in [0, 0.1) is 0 Å². The number of aliphatic hydroxyl groups is 6. The van der Waals surface area contributed by atoms with E-state index in [0.717, 1.165) is 70.6 Å². The first-order chi connectivity index (χ1) is 28.8. The summed E-state index contributed by atoms with van der Waals surface area (Å²) < 4.78 is 33.4. The highest BCUT2D eigenvalue weighted by Crippen LogP contribution is 2.47. The largest absolute Gasteiger partial charge is 0.472 e. The summed E-state index contributed by atoms with van der Waals surface area (Å²) in [5.74, 6) is -1.21. The topological polar surface area (TPSA) is 230 Å². The molecule has 0 saturated heterocycles. The van der Waals surface area contributed by atoms with Crippen LogP contribution in [0.1, 0.15) is 136 Å². The van der Waals surface area contributed by atoms with Crippen LogP contribution in [0.25, 0.3) is 0 Å². The Morgan fingerprint density at radius 1 is 0.617 bits per heavy atom. The lowest BCUT2D eigenvalue weighted by Gasteiger charge is -2.41. The normalized spacial score (nSPS) is 23.4. The molecule has 7 N–H and O–H groups in total. The minimum absolute atomic E-state index is 0.0379. The molecule has 60 heavy (non-hydrogen) atoms. The SMILES string of the molecule is CC/C=C/CC(O)/C=C/C=C/CCCCCCCC(=O)O[C@H](COC(=O)CCCC/C=C\C/C=C\C/C=C\CCCCC)COP(=O)(O)OC1[C@H](O)[C@H](O)C(O)[C@H](O)[C@H]1O. The maximum atomic E-state index is 12.8. The van der Waals surface area contributed by atoms with Gasteiger partial charge < -0.3 is 45.0 Å². The van der Waals surface area contributed by atoms with Crippen molar-refractivity contribution in [2.24, 2.45) is 0 Å². The predicted octanol–water partition coefficient (Wildman–Crippen LogP) is 6.91. The lowest BCUT2D eigenvalue weighted by Crippen LogP contribution is -2.64. The summed E-state index contributed by atoms with van der Waals surface area (Å²) in [4.78, 5) is 35.6. The van der Waals surface area contributed by atoms with Crippen LogP contribution in [0.4, 0.5) is 0 Å². The van der Waals surface area contributed by atoms with E-state index < -0.39 is 81.8 Å². The van der Waals surface area contributed by atoms with E-state index in [1.165, 1.54) is 19.3 Å². The Bertz CT molecular complexity index is 1340. The molecule has 1 fully saturated rings. The Hall–Kier alpha value is -2.75. The quantitative estimate of drug-likeness (QED) is 0.0115. The Morgan fingerprint density at radius 3 is 1.80 bits per heavy atom. The molecule has 0 heterocycles. The van der Waals surface area contributed by atoms with Gasteiger partial charge in [-0.25, -0.2) is 4.57 Å². The summed E-state index contributed by atoms with van der Waals surface area (Å²) >= 11 is 0. The monoisotopic (exact) mass is 870 g/mol. The average molecular weight is 871 g/mol. The van der Waals surface area contributed by atoms with Gasteiger partial charge in [0.1, 0.15) is 43.2 Å². The fraction of sp³-hybridized carbons (Fsp3) is 0.689. The molecule has 0 aromatic carbocycles.